The summed E-state index contributed by atoms with van der Waals surface area (Å²) in [6.45, 7) is 9.44. The molecule has 1 fully saturated rings. The zero-order valence-electron chi connectivity index (χ0n) is 14.8. The Bertz CT molecular complexity index is 657. The monoisotopic (exact) mass is 329 g/mol. The van der Waals surface area contributed by atoms with Crippen molar-refractivity contribution in [3.63, 3.8) is 0 Å². The molecule has 2 heterocycles. The molecule has 4 heteroatoms. The maximum Gasteiger partial charge on any atom is 0.134 e. The van der Waals surface area contributed by atoms with E-state index in [9.17, 15) is 5.11 Å². The normalized spacial score (nSPS) is 16.8. The zero-order chi connectivity index (χ0) is 17.2. The van der Waals surface area contributed by atoms with E-state index in [-0.39, 0.29) is 17.4 Å². The lowest BCUT2D eigenvalue weighted by Crippen LogP contribution is -2.52. The van der Waals surface area contributed by atoms with E-state index >= 15 is 0 Å². The number of aliphatic hydroxyl groups excluding tert-OH is 1. The molecule has 1 aromatic heterocycles. The van der Waals surface area contributed by atoms with Gasteiger partial charge in [0.1, 0.15) is 11.5 Å². The van der Waals surface area contributed by atoms with Crippen LogP contribution in [0.5, 0.6) is 0 Å². The van der Waals surface area contributed by atoms with Crippen LogP contribution in [0.15, 0.2) is 40.8 Å². The average Bonchev–Trinajstić information content (AvgIpc) is 2.98. The third-order valence-corrected chi connectivity index (χ3v) is 4.65. The van der Waals surface area contributed by atoms with E-state index in [4.69, 9.17) is 9.15 Å². The summed E-state index contributed by atoms with van der Waals surface area (Å²) in [5.74, 6) is 1.79. The molecule has 0 aliphatic carbocycles. The van der Waals surface area contributed by atoms with Crippen molar-refractivity contribution in [1.29, 1.82) is 0 Å². The maximum absolute atomic E-state index is 9.42. The van der Waals surface area contributed by atoms with Gasteiger partial charge < -0.3 is 19.6 Å². The number of furan rings is 1. The van der Waals surface area contributed by atoms with Gasteiger partial charge in [-0.2, -0.15) is 0 Å². The minimum Gasteiger partial charge on any atom is -0.460 e. The topological polar surface area (TPSA) is 54.6 Å². The molecule has 1 saturated heterocycles. The zero-order valence-corrected chi connectivity index (χ0v) is 14.8. The Balaban J connectivity index is 1.59. The molecule has 0 unspecified atom stereocenters. The lowest BCUT2D eigenvalue weighted by atomic mass is 9.86. The molecule has 1 aliphatic heterocycles. The first-order valence-corrected chi connectivity index (χ1v) is 8.51. The number of nitrogens with one attached hydrogen (secondary N) is 1. The molecular weight excluding hydrogens is 302 g/mol. The number of benzene rings is 1. The van der Waals surface area contributed by atoms with E-state index in [0.29, 0.717) is 19.8 Å². The molecule has 0 spiro atoms. The van der Waals surface area contributed by atoms with E-state index in [0.717, 1.165) is 23.6 Å². The van der Waals surface area contributed by atoms with Crippen molar-refractivity contribution in [3.8, 4) is 11.3 Å². The number of rotatable bonds is 6. The lowest BCUT2D eigenvalue weighted by molar-refractivity contribution is -0.134. The van der Waals surface area contributed by atoms with Crippen LogP contribution in [-0.2, 0) is 16.7 Å². The van der Waals surface area contributed by atoms with Gasteiger partial charge in [-0.25, -0.2) is 0 Å². The molecule has 3 rings (SSSR count). The van der Waals surface area contributed by atoms with E-state index in [1.807, 2.05) is 12.1 Å². The van der Waals surface area contributed by atoms with Crippen LogP contribution in [-0.4, -0.2) is 31.5 Å². The van der Waals surface area contributed by atoms with Crippen molar-refractivity contribution in [2.45, 2.75) is 32.7 Å². The quantitative estimate of drug-likeness (QED) is 0.853. The highest BCUT2D eigenvalue weighted by molar-refractivity contribution is 5.58. The largest absolute Gasteiger partial charge is 0.460 e. The molecule has 1 aliphatic rings. The van der Waals surface area contributed by atoms with Gasteiger partial charge in [0.05, 0.1) is 31.8 Å². The molecular formula is C20H27NO3. The highest BCUT2D eigenvalue weighted by atomic mass is 16.5. The third-order valence-electron chi connectivity index (χ3n) is 4.65. The van der Waals surface area contributed by atoms with Gasteiger partial charge in [-0.05, 0) is 23.1 Å². The first-order valence-electron chi connectivity index (χ1n) is 8.51. The van der Waals surface area contributed by atoms with Crippen LogP contribution in [0.1, 0.15) is 32.1 Å². The van der Waals surface area contributed by atoms with Gasteiger partial charge in [0.25, 0.3) is 0 Å². The SMILES string of the molecule is CC(C)(C)c1ccc(-c2ccc(CNCC3(CO)COC3)o2)cc1. The van der Waals surface area contributed by atoms with Gasteiger partial charge in [-0.1, -0.05) is 45.0 Å². The van der Waals surface area contributed by atoms with Crippen molar-refractivity contribution < 1.29 is 14.3 Å². The van der Waals surface area contributed by atoms with Crippen molar-refractivity contribution >= 4 is 0 Å². The summed E-state index contributed by atoms with van der Waals surface area (Å²) < 4.78 is 11.1. The predicted octanol–water partition coefficient (Wildman–Crippen LogP) is 3.34. The lowest BCUT2D eigenvalue weighted by Gasteiger charge is -2.39. The maximum atomic E-state index is 9.42. The average molecular weight is 329 g/mol. The Morgan fingerprint density at radius 3 is 2.33 bits per heavy atom. The molecule has 1 aromatic carbocycles. The number of hydrogen-bond donors (Lipinski definition) is 2. The Morgan fingerprint density at radius 2 is 1.79 bits per heavy atom. The van der Waals surface area contributed by atoms with Crippen molar-refractivity contribution in [2.75, 3.05) is 26.4 Å². The smallest absolute Gasteiger partial charge is 0.134 e. The highest BCUT2D eigenvalue weighted by Gasteiger charge is 2.37. The standard InChI is InChI=1S/C20H27NO3/c1-19(2,3)16-6-4-15(5-7-16)18-9-8-17(24-18)10-21-11-20(12-22)13-23-14-20/h4-9,21-22H,10-14H2,1-3H3. The Labute approximate surface area is 143 Å². The Kier molecular flexibility index (Phi) is 4.81. The molecule has 2 aromatic rings. The summed E-state index contributed by atoms with van der Waals surface area (Å²) in [7, 11) is 0. The van der Waals surface area contributed by atoms with Crippen LogP contribution in [0, 0.1) is 5.41 Å². The van der Waals surface area contributed by atoms with Crippen LogP contribution >= 0.6 is 0 Å². The molecule has 130 valence electrons. The van der Waals surface area contributed by atoms with Crippen molar-refractivity contribution in [1.82, 2.24) is 5.32 Å². The van der Waals surface area contributed by atoms with Gasteiger partial charge in [0.2, 0.25) is 0 Å². The molecule has 0 saturated carbocycles. The van der Waals surface area contributed by atoms with E-state index in [2.05, 4.69) is 50.4 Å². The van der Waals surface area contributed by atoms with E-state index in [1.54, 1.807) is 0 Å². The van der Waals surface area contributed by atoms with Crippen LogP contribution in [0.2, 0.25) is 0 Å². The molecule has 2 N–H and O–H groups in total. The molecule has 0 radical (unpaired) electrons. The summed E-state index contributed by atoms with van der Waals surface area (Å²) in [6.07, 6.45) is 0. The van der Waals surface area contributed by atoms with E-state index < -0.39 is 0 Å². The minimum absolute atomic E-state index is 0.113. The first-order chi connectivity index (χ1) is 11.4. The van der Waals surface area contributed by atoms with Crippen molar-refractivity contribution in [2.24, 2.45) is 5.41 Å². The second-order valence-corrected chi connectivity index (χ2v) is 7.85. The van der Waals surface area contributed by atoms with Crippen LogP contribution in [0.25, 0.3) is 11.3 Å². The van der Waals surface area contributed by atoms with Gasteiger partial charge in [-0.3, -0.25) is 0 Å². The third kappa shape index (κ3) is 3.72. The second-order valence-electron chi connectivity index (χ2n) is 7.85. The molecule has 0 atom stereocenters. The Morgan fingerprint density at radius 1 is 1.08 bits per heavy atom. The summed E-state index contributed by atoms with van der Waals surface area (Å²) in [6, 6.07) is 12.6. The van der Waals surface area contributed by atoms with Crippen molar-refractivity contribution in [3.05, 3.63) is 47.7 Å². The van der Waals surface area contributed by atoms with Crippen LogP contribution in [0.3, 0.4) is 0 Å². The summed E-state index contributed by atoms with van der Waals surface area (Å²) in [4.78, 5) is 0. The Hall–Kier alpha value is -1.62. The van der Waals surface area contributed by atoms with Gasteiger partial charge in [-0.15, -0.1) is 0 Å². The van der Waals surface area contributed by atoms with Gasteiger partial charge in [0, 0.05) is 12.1 Å². The minimum atomic E-state index is -0.113. The summed E-state index contributed by atoms with van der Waals surface area (Å²) in [5.41, 5.74) is 2.45. The number of ether oxygens (including phenoxy) is 1. The predicted molar refractivity (Wildman–Crippen MR) is 94.9 cm³/mol. The summed E-state index contributed by atoms with van der Waals surface area (Å²) in [5, 5.41) is 12.8. The van der Waals surface area contributed by atoms with E-state index in [1.165, 1.54) is 5.56 Å². The van der Waals surface area contributed by atoms with Crippen LogP contribution in [0.4, 0.5) is 0 Å². The second kappa shape index (κ2) is 6.71. The molecule has 24 heavy (non-hydrogen) atoms. The fourth-order valence-corrected chi connectivity index (χ4v) is 2.85. The summed E-state index contributed by atoms with van der Waals surface area (Å²) >= 11 is 0. The number of hydrogen-bond acceptors (Lipinski definition) is 4. The fraction of sp³-hybridized carbons (Fsp3) is 0.500. The molecule has 0 amide bonds. The number of aliphatic hydroxyl groups is 1. The van der Waals surface area contributed by atoms with Gasteiger partial charge in [0.15, 0.2) is 0 Å². The van der Waals surface area contributed by atoms with Crippen LogP contribution < -0.4 is 5.32 Å². The molecule has 0 bridgehead atoms. The fourth-order valence-electron chi connectivity index (χ4n) is 2.85. The highest BCUT2D eigenvalue weighted by Crippen LogP contribution is 2.28. The molecule has 4 nitrogen and oxygen atoms in total. The first kappa shape index (κ1) is 17.2. The van der Waals surface area contributed by atoms with Gasteiger partial charge >= 0.3 is 0 Å².